The van der Waals surface area contributed by atoms with Gasteiger partial charge in [0.25, 0.3) is 5.95 Å². The van der Waals surface area contributed by atoms with Crippen molar-refractivity contribution >= 4 is 17.0 Å². The van der Waals surface area contributed by atoms with Crippen molar-refractivity contribution in [3.63, 3.8) is 0 Å². The number of aromatic nitrogens is 6. The summed E-state index contributed by atoms with van der Waals surface area (Å²) in [7, 11) is 1.34. The SMILES string of the molecule is CCOC(=O)c1cnn(-c2nc(OC)c3c(cnn3[C@@H](C)c3cc(C(F)(F)F)ccc3F)n2)c1. The van der Waals surface area contributed by atoms with Crippen LogP contribution in [0, 0.1) is 5.82 Å². The molecule has 0 aliphatic carbocycles. The highest BCUT2D eigenvalue weighted by Gasteiger charge is 2.32. The fourth-order valence-electron chi connectivity index (χ4n) is 3.38. The van der Waals surface area contributed by atoms with E-state index in [0.717, 1.165) is 12.1 Å². The highest BCUT2D eigenvalue weighted by molar-refractivity contribution is 5.88. The largest absolute Gasteiger partial charge is 0.479 e. The maximum atomic E-state index is 14.5. The van der Waals surface area contributed by atoms with E-state index in [0.29, 0.717) is 6.07 Å². The Morgan fingerprint density at radius 3 is 2.62 bits per heavy atom. The topological polar surface area (TPSA) is 97.0 Å². The summed E-state index contributed by atoms with van der Waals surface area (Å²) in [6, 6.07) is 1.25. The van der Waals surface area contributed by atoms with Gasteiger partial charge in [0.15, 0.2) is 0 Å². The van der Waals surface area contributed by atoms with Gasteiger partial charge in [-0.1, -0.05) is 0 Å². The summed E-state index contributed by atoms with van der Waals surface area (Å²) in [5, 5.41) is 8.25. The van der Waals surface area contributed by atoms with Gasteiger partial charge in [0.1, 0.15) is 16.9 Å². The molecule has 9 nitrogen and oxygen atoms in total. The fraction of sp³-hybridized carbons (Fsp3) is 0.286. The Bertz CT molecular complexity index is 1360. The summed E-state index contributed by atoms with van der Waals surface area (Å²) >= 11 is 0. The molecule has 1 atom stereocenters. The van der Waals surface area contributed by atoms with Crippen LogP contribution in [-0.4, -0.2) is 49.2 Å². The molecule has 0 unspecified atom stereocenters. The minimum Gasteiger partial charge on any atom is -0.479 e. The van der Waals surface area contributed by atoms with Crippen LogP contribution in [0.15, 0.2) is 36.8 Å². The molecule has 0 aliphatic rings. The second-order valence-corrected chi connectivity index (χ2v) is 7.16. The lowest BCUT2D eigenvalue weighted by Gasteiger charge is -2.17. The van der Waals surface area contributed by atoms with Crippen LogP contribution in [0.25, 0.3) is 17.0 Å². The maximum absolute atomic E-state index is 14.5. The fourth-order valence-corrected chi connectivity index (χ4v) is 3.38. The van der Waals surface area contributed by atoms with Gasteiger partial charge < -0.3 is 9.47 Å². The zero-order chi connectivity index (χ0) is 24.6. The number of carbonyl (C=O) groups excluding carboxylic acids is 1. The number of benzene rings is 1. The molecule has 4 rings (SSSR count). The third-order valence-electron chi connectivity index (χ3n) is 5.03. The Hall–Kier alpha value is -4.03. The van der Waals surface area contributed by atoms with Crippen molar-refractivity contribution in [2.45, 2.75) is 26.1 Å². The predicted molar refractivity (Wildman–Crippen MR) is 110 cm³/mol. The second-order valence-electron chi connectivity index (χ2n) is 7.16. The molecule has 0 saturated heterocycles. The van der Waals surface area contributed by atoms with Gasteiger partial charge in [-0.05, 0) is 32.0 Å². The number of alkyl halides is 3. The van der Waals surface area contributed by atoms with Crippen molar-refractivity contribution in [3.05, 3.63) is 59.3 Å². The molecule has 0 bridgehead atoms. The minimum absolute atomic E-state index is 0.0323. The van der Waals surface area contributed by atoms with Crippen molar-refractivity contribution in [2.75, 3.05) is 13.7 Å². The standard InChI is InChI=1S/C21H18F4N6O3/c1-4-34-19(32)12-8-26-30(10-12)20-28-16-9-27-31(17(16)18(29-20)33-3)11(2)14-7-13(21(23,24)25)5-6-15(14)22/h5-11H,4H2,1-3H3/t11-/m0/s1. The predicted octanol–water partition coefficient (Wildman–Crippen LogP) is 3.96. The molecular formula is C21H18F4N6O3. The van der Waals surface area contributed by atoms with E-state index >= 15 is 0 Å². The molecule has 0 radical (unpaired) electrons. The molecule has 3 heterocycles. The van der Waals surface area contributed by atoms with Gasteiger partial charge in [-0.2, -0.15) is 28.4 Å². The van der Waals surface area contributed by atoms with Crippen molar-refractivity contribution in [1.29, 1.82) is 0 Å². The zero-order valence-corrected chi connectivity index (χ0v) is 18.2. The molecule has 0 aliphatic heterocycles. The maximum Gasteiger partial charge on any atom is 0.416 e. The number of halogens is 4. The molecule has 0 N–H and O–H groups in total. The summed E-state index contributed by atoms with van der Waals surface area (Å²) in [5.74, 6) is -1.29. The molecule has 0 saturated carbocycles. The van der Waals surface area contributed by atoms with Crippen LogP contribution in [0.4, 0.5) is 17.6 Å². The lowest BCUT2D eigenvalue weighted by atomic mass is 10.0. The van der Waals surface area contributed by atoms with Crippen molar-refractivity contribution in [3.8, 4) is 11.8 Å². The molecule has 13 heteroatoms. The first kappa shape index (κ1) is 23.1. The number of hydrogen-bond acceptors (Lipinski definition) is 7. The van der Waals surface area contributed by atoms with Crippen LogP contribution in [-0.2, 0) is 10.9 Å². The number of carbonyl (C=O) groups is 1. The molecule has 178 valence electrons. The zero-order valence-electron chi connectivity index (χ0n) is 18.2. The number of fused-ring (bicyclic) bond motifs is 1. The third kappa shape index (κ3) is 4.16. The minimum atomic E-state index is -4.63. The number of methoxy groups -OCH3 is 1. The lowest BCUT2D eigenvalue weighted by molar-refractivity contribution is -0.137. The first-order valence-corrected chi connectivity index (χ1v) is 10.0. The lowest BCUT2D eigenvalue weighted by Crippen LogP contribution is -2.14. The van der Waals surface area contributed by atoms with E-state index in [2.05, 4.69) is 20.2 Å². The van der Waals surface area contributed by atoms with E-state index in [-0.39, 0.29) is 40.6 Å². The number of rotatable bonds is 6. The third-order valence-corrected chi connectivity index (χ3v) is 5.03. The molecule has 1 aromatic carbocycles. The average Bonchev–Trinajstić information content (AvgIpc) is 3.45. The van der Waals surface area contributed by atoms with Crippen LogP contribution in [0.5, 0.6) is 5.88 Å². The van der Waals surface area contributed by atoms with Gasteiger partial charge in [-0.3, -0.25) is 4.68 Å². The Morgan fingerprint density at radius 1 is 1.18 bits per heavy atom. The number of nitrogens with zero attached hydrogens (tertiary/aromatic N) is 6. The Morgan fingerprint density at radius 2 is 1.94 bits per heavy atom. The van der Waals surface area contributed by atoms with Gasteiger partial charge in [0, 0.05) is 11.8 Å². The van der Waals surface area contributed by atoms with Gasteiger partial charge in [-0.25, -0.2) is 18.9 Å². The number of esters is 1. The van der Waals surface area contributed by atoms with Gasteiger partial charge in [-0.15, -0.1) is 0 Å². The Kier molecular flexibility index (Phi) is 5.94. The van der Waals surface area contributed by atoms with E-state index in [1.54, 1.807) is 6.92 Å². The van der Waals surface area contributed by atoms with Gasteiger partial charge >= 0.3 is 12.1 Å². The van der Waals surface area contributed by atoms with Crippen LogP contribution in [0.3, 0.4) is 0 Å². The summed E-state index contributed by atoms with van der Waals surface area (Å²) < 4.78 is 66.7. The van der Waals surface area contributed by atoms with Crippen LogP contribution >= 0.6 is 0 Å². The molecule has 34 heavy (non-hydrogen) atoms. The van der Waals surface area contributed by atoms with E-state index in [9.17, 15) is 22.4 Å². The van der Waals surface area contributed by atoms with Crippen molar-refractivity contribution < 1.29 is 31.8 Å². The highest BCUT2D eigenvalue weighted by atomic mass is 19.4. The highest BCUT2D eigenvalue weighted by Crippen LogP contribution is 2.34. The van der Waals surface area contributed by atoms with Crippen LogP contribution < -0.4 is 4.74 Å². The molecular weight excluding hydrogens is 460 g/mol. The normalized spacial score (nSPS) is 12.7. The van der Waals surface area contributed by atoms with Crippen molar-refractivity contribution in [2.24, 2.45) is 0 Å². The van der Waals surface area contributed by atoms with Crippen LogP contribution in [0.1, 0.15) is 41.4 Å². The summed E-state index contributed by atoms with van der Waals surface area (Å²) in [4.78, 5) is 20.5. The molecule has 4 aromatic rings. The Labute approximate surface area is 189 Å². The first-order chi connectivity index (χ1) is 16.1. The van der Waals surface area contributed by atoms with Gasteiger partial charge in [0.2, 0.25) is 5.88 Å². The summed E-state index contributed by atoms with van der Waals surface area (Å²) in [6.07, 6.45) is -0.610. The van der Waals surface area contributed by atoms with E-state index in [1.807, 2.05) is 0 Å². The van der Waals surface area contributed by atoms with E-state index in [1.165, 1.54) is 42.0 Å². The molecule has 0 spiro atoms. The second kappa shape index (κ2) is 8.72. The molecule has 0 fully saturated rings. The van der Waals surface area contributed by atoms with E-state index < -0.39 is 29.6 Å². The molecule has 3 aromatic heterocycles. The Balaban J connectivity index is 1.77. The monoisotopic (exact) mass is 478 g/mol. The quantitative estimate of drug-likeness (QED) is 0.306. The van der Waals surface area contributed by atoms with E-state index in [4.69, 9.17) is 9.47 Å². The number of hydrogen-bond donors (Lipinski definition) is 0. The smallest absolute Gasteiger partial charge is 0.416 e. The van der Waals surface area contributed by atoms with Crippen LogP contribution in [0.2, 0.25) is 0 Å². The summed E-state index contributed by atoms with van der Waals surface area (Å²) in [6.45, 7) is 3.37. The molecule has 0 amide bonds. The van der Waals surface area contributed by atoms with Crippen molar-refractivity contribution in [1.82, 2.24) is 29.5 Å². The number of ether oxygens (including phenoxy) is 2. The average molecular weight is 478 g/mol. The summed E-state index contributed by atoms with van der Waals surface area (Å²) in [5.41, 5.74) is -0.484. The first-order valence-electron chi connectivity index (χ1n) is 10.0. The van der Waals surface area contributed by atoms with Gasteiger partial charge in [0.05, 0.1) is 43.3 Å².